The summed E-state index contributed by atoms with van der Waals surface area (Å²) in [7, 11) is 0. The number of aromatic amines is 1. The molecule has 1 atom stereocenters. The van der Waals surface area contributed by atoms with Gasteiger partial charge in [-0.3, -0.25) is 14.6 Å². The van der Waals surface area contributed by atoms with Crippen molar-refractivity contribution in [2.75, 3.05) is 11.4 Å². The Labute approximate surface area is 226 Å². The number of anilines is 1. The van der Waals surface area contributed by atoms with Gasteiger partial charge in [0.05, 0.1) is 11.7 Å². The Balaban J connectivity index is 1.36. The molecule has 2 amide bonds. The molecule has 5 rings (SSSR count). The van der Waals surface area contributed by atoms with Gasteiger partial charge in [0.15, 0.2) is 0 Å². The molecular weight excluding hydrogens is 492 g/mol. The quantitative estimate of drug-likeness (QED) is 0.317. The number of nitrogens with zero attached hydrogens (tertiary/aromatic N) is 5. The highest BCUT2D eigenvalue weighted by atomic mass is 16.2. The topological polar surface area (TPSA) is 157 Å². The Morgan fingerprint density at radius 3 is 2.28 bits per heavy atom. The smallest absolute Gasteiger partial charge is 0.251 e. The average molecular weight is 525 g/mol. The third-order valence-corrected chi connectivity index (χ3v) is 7.42. The molecule has 2 aromatic heterocycles. The number of nitrogens with one attached hydrogen (secondary N) is 1. The van der Waals surface area contributed by atoms with Gasteiger partial charge >= 0.3 is 0 Å². The fourth-order valence-corrected chi connectivity index (χ4v) is 5.11. The first kappa shape index (κ1) is 26.3. The van der Waals surface area contributed by atoms with Crippen molar-refractivity contribution in [3.63, 3.8) is 0 Å². The van der Waals surface area contributed by atoms with Crippen molar-refractivity contribution in [3.8, 4) is 22.5 Å². The predicted molar refractivity (Wildman–Crippen MR) is 148 cm³/mol. The maximum Gasteiger partial charge on any atom is 0.251 e. The maximum atomic E-state index is 13.8. The monoisotopic (exact) mass is 524 g/mol. The van der Waals surface area contributed by atoms with E-state index in [1.165, 1.54) is 4.90 Å². The van der Waals surface area contributed by atoms with Gasteiger partial charge in [0.25, 0.3) is 5.91 Å². The molecule has 0 radical (unpaired) electrons. The summed E-state index contributed by atoms with van der Waals surface area (Å²) in [5, 5.41) is 14.0. The van der Waals surface area contributed by atoms with E-state index < -0.39 is 11.9 Å². The third-order valence-electron chi connectivity index (χ3n) is 7.42. The van der Waals surface area contributed by atoms with Crippen LogP contribution in [0, 0.1) is 11.8 Å². The van der Waals surface area contributed by atoms with E-state index in [2.05, 4.69) is 25.6 Å². The van der Waals surface area contributed by atoms with Gasteiger partial charge in [0.1, 0.15) is 0 Å². The van der Waals surface area contributed by atoms with Gasteiger partial charge in [-0.15, -0.1) is 10.2 Å². The van der Waals surface area contributed by atoms with Crippen molar-refractivity contribution >= 4 is 17.5 Å². The molecule has 0 spiro atoms. The molecule has 39 heavy (non-hydrogen) atoms. The molecule has 1 saturated carbocycles. The summed E-state index contributed by atoms with van der Waals surface area (Å²) in [4.78, 5) is 33.0. The van der Waals surface area contributed by atoms with Crippen LogP contribution in [0.15, 0.2) is 73.1 Å². The minimum absolute atomic E-state index is 0.217. The van der Waals surface area contributed by atoms with Crippen molar-refractivity contribution in [2.45, 2.75) is 38.1 Å². The van der Waals surface area contributed by atoms with Crippen LogP contribution in [0.3, 0.4) is 0 Å². The number of amides is 2. The van der Waals surface area contributed by atoms with Crippen molar-refractivity contribution in [2.24, 2.45) is 23.3 Å². The number of nitrogens with two attached hydrogens (primary N) is 2. The van der Waals surface area contributed by atoms with E-state index >= 15 is 0 Å². The van der Waals surface area contributed by atoms with Crippen LogP contribution in [0.1, 0.15) is 31.2 Å². The molecular formula is C29H32N8O2. The fourth-order valence-electron chi connectivity index (χ4n) is 5.11. The maximum absolute atomic E-state index is 13.8. The number of aromatic nitrogens is 5. The first-order valence-electron chi connectivity index (χ1n) is 13.2. The van der Waals surface area contributed by atoms with E-state index in [1.807, 2.05) is 36.4 Å². The Hall–Kier alpha value is -4.28. The molecule has 2 aromatic carbocycles. The van der Waals surface area contributed by atoms with Crippen LogP contribution in [0.5, 0.6) is 0 Å². The number of carbonyl (C=O) groups excluding carboxylic acids is 2. The minimum atomic E-state index is -0.893. The summed E-state index contributed by atoms with van der Waals surface area (Å²) < 4.78 is 0. The second kappa shape index (κ2) is 12.1. The van der Waals surface area contributed by atoms with Gasteiger partial charge in [-0.1, -0.05) is 30.3 Å². The molecule has 10 nitrogen and oxygen atoms in total. The highest BCUT2D eigenvalue weighted by molar-refractivity contribution is 6.17. The summed E-state index contributed by atoms with van der Waals surface area (Å²) in [6, 6.07) is 17.8. The van der Waals surface area contributed by atoms with Gasteiger partial charge in [-0.05, 0) is 96.8 Å². The van der Waals surface area contributed by atoms with Crippen LogP contribution in [-0.4, -0.2) is 50.0 Å². The number of hydrogen-bond donors (Lipinski definition) is 3. The molecule has 1 fully saturated rings. The number of H-pyrrole nitrogens is 1. The number of benzene rings is 2. The first-order chi connectivity index (χ1) is 19.0. The Morgan fingerprint density at radius 1 is 0.949 bits per heavy atom. The summed E-state index contributed by atoms with van der Waals surface area (Å²) in [6.45, 7) is 0.617. The zero-order chi connectivity index (χ0) is 27.2. The molecule has 0 bridgehead atoms. The first-order valence-corrected chi connectivity index (χ1v) is 13.2. The Bertz CT molecular complexity index is 1370. The number of tetrazole rings is 1. The van der Waals surface area contributed by atoms with Gasteiger partial charge in [-0.2, -0.15) is 5.21 Å². The van der Waals surface area contributed by atoms with E-state index in [9.17, 15) is 9.59 Å². The summed E-state index contributed by atoms with van der Waals surface area (Å²) in [6.07, 6.45) is 7.00. The molecule has 0 saturated heterocycles. The van der Waals surface area contributed by atoms with E-state index in [4.69, 9.17) is 11.5 Å². The highest BCUT2D eigenvalue weighted by Gasteiger charge is 2.35. The molecule has 1 aliphatic carbocycles. The molecule has 1 unspecified atom stereocenters. The Kier molecular flexibility index (Phi) is 8.14. The zero-order valence-corrected chi connectivity index (χ0v) is 21.6. The standard InChI is InChI=1S/C29H32N8O2/c30-17-20-5-9-23(10-6-20)28(38)37(25-13-11-22(12-14-25)27-33-35-36-34-27)29(39)26(31)16-19-3-7-21(8-4-19)24-2-1-15-32-18-24/h1-4,7-8,11-15,18,20,23,26H,5-6,9-10,16-17,30-31H2,(H,33,34,35,36). The number of pyridine rings is 1. The van der Waals surface area contributed by atoms with E-state index in [0.29, 0.717) is 48.8 Å². The summed E-state index contributed by atoms with van der Waals surface area (Å²) in [5.74, 6) is -0.0454. The molecule has 1 aliphatic rings. The van der Waals surface area contributed by atoms with Crippen molar-refractivity contribution in [1.29, 1.82) is 0 Å². The SMILES string of the molecule is NCC1CCC(C(=O)N(C(=O)C(N)Cc2ccc(-c3cccnc3)cc2)c2ccc(-c3nn[nH]n3)cc2)CC1. The molecule has 0 aliphatic heterocycles. The molecule has 10 heteroatoms. The van der Waals surface area contributed by atoms with Crippen LogP contribution in [0.2, 0.25) is 0 Å². The highest BCUT2D eigenvalue weighted by Crippen LogP contribution is 2.32. The lowest BCUT2D eigenvalue weighted by atomic mass is 9.81. The lowest BCUT2D eigenvalue weighted by molar-refractivity contribution is -0.130. The normalized spacial score (nSPS) is 17.9. The van der Waals surface area contributed by atoms with Crippen molar-refractivity contribution in [3.05, 3.63) is 78.6 Å². The molecule has 2 heterocycles. The van der Waals surface area contributed by atoms with Crippen molar-refractivity contribution in [1.82, 2.24) is 25.6 Å². The lowest BCUT2D eigenvalue weighted by Gasteiger charge is -2.32. The second-order valence-corrected chi connectivity index (χ2v) is 10.00. The van der Waals surface area contributed by atoms with E-state index in [0.717, 1.165) is 29.5 Å². The van der Waals surface area contributed by atoms with Crippen LogP contribution in [0.4, 0.5) is 5.69 Å². The summed E-state index contributed by atoms with van der Waals surface area (Å²) in [5.41, 5.74) is 16.4. The average Bonchev–Trinajstić information content (AvgIpc) is 3.54. The minimum Gasteiger partial charge on any atom is -0.330 e. The molecule has 4 aromatic rings. The van der Waals surface area contributed by atoms with E-state index in [-0.39, 0.29) is 11.8 Å². The number of carbonyl (C=O) groups is 2. The van der Waals surface area contributed by atoms with Gasteiger partial charge in [-0.25, -0.2) is 4.90 Å². The third kappa shape index (κ3) is 6.08. The van der Waals surface area contributed by atoms with Crippen LogP contribution < -0.4 is 16.4 Å². The second-order valence-electron chi connectivity index (χ2n) is 10.00. The van der Waals surface area contributed by atoms with Gasteiger partial charge in [0, 0.05) is 23.9 Å². The largest absolute Gasteiger partial charge is 0.330 e. The Morgan fingerprint density at radius 2 is 1.67 bits per heavy atom. The predicted octanol–water partition coefficient (Wildman–Crippen LogP) is 3.12. The molecule has 200 valence electrons. The van der Waals surface area contributed by atoms with Crippen molar-refractivity contribution < 1.29 is 9.59 Å². The van der Waals surface area contributed by atoms with E-state index in [1.54, 1.807) is 36.7 Å². The number of hydrogen-bond acceptors (Lipinski definition) is 8. The van der Waals surface area contributed by atoms with Crippen LogP contribution in [0.25, 0.3) is 22.5 Å². The number of rotatable bonds is 8. The zero-order valence-electron chi connectivity index (χ0n) is 21.6. The van der Waals surface area contributed by atoms with Crippen LogP contribution >= 0.6 is 0 Å². The van der Waals surface area contributed by atoms with Gasteiger partial charge in [0.2, 0.25) is 11.7 Å². The van der Waals surface area contributed by atoms with Crippen LogP contribution in [-0.2, 0) is 16.0 Å². The summed E-state index contributed by atoms with van der Waals surface area (Å²) >= 11 is 0. The fraction of sp³-hybridized carbons (Fsp3) is 0.310. The van der Waals surface area contributed by atoms with Gasteiger partial charge < -0.3 is 11.5 Å². The lowest BCUT2D eigenvalue weighted by Crippen LogP contribution is -2.50. The molecule has 5 N–H and O–H groups in total. The number of imide groups is 1.